The van der Waals surface area contributed by atoms with Crippen molar-refractivity contribution in [3.05, 3.63) is 17.0 Å². The molecule has 1 aliphatic heterocycles. The molecule has 1 atom stereocenters. The van der Waals surface area contributed by atoms with E-state index in [0.717, 1.165) is 37.9 Å². The van der Waals surface area contributed by atoms with E-state index in [0.29, 0.717) is 16.7 Å². The summed E-state index contributed by atoms with van der Waals surface area (Å²) in [4.78, 5) is 0. The fourth-order valence-corrected chi connectivity index (χ4v) is 6.00. The molecule has 2 heterocycles. The maximum Gasteiger partial charge on any atom is 0.252 e. The van der Waals surface area contributed by atoms with Gasteiger partial charge in [-0.3, -0.25) is 0 Å². The molecule has 1 aliphatic rings. The average molecular weight is 331 g/mol. The molecule has 6 heteroatoms. The van der Waals surface area contributed by atoms with Gasteiger partial charge in [0.1, 0.15) is 4.21 Å². The van der Waals surface area contributed by atoms with Crippen molar-refractivity contribution >= 4 is 21.4 Å². The molecule has 1 unspecified atom stereocenters. The van der Waals surface area contributed by atoms with Gasteiger partial charge in [-0.1, -0.05) is 20.8 Å². The van der Waals surface area contributed by atoms with Crippen molar-refractivity contribution in [1.82, 2.24) is 9.62 Å². The predicted octanol–water partition coefficient (Wildman–Crippen LogP) is 3.06. The second-order valence-electron chi connectivity index (χ2n) is 6.02. The molecule has 1 saturated heterocycles. The van der Waals surface area contributed by atoms with Crippen LogP contribution in [0.5, 0.6) is 0 Å². The SMILES string of the molecule is CCCNCc1csc(S(=O)(=O)N2CCCC2C(C)C)c1. The number of hydrogen-bond donors (Lipinski definition) is 1. The third-order valence-electron chi connectivity index (χ3n) is 3.97. The second-order valence-corrected chi connectivity index (χ2v) is 9.05. The van der Waals surface area contributed by atoms with Gasteiger partial charge in [0, 0.05) is 19.1 Å². The van der Waals surface area contributed by atoms with Crippen LogP contribution in [0.3, 0.4) is 0 Å². The molecule has 0 spiro atoms. The van der Waals surface area contributed by atoms with E-state index >= 15 is 0 Å². The van der Waals surface area contributed by atoms with E-state index in [4.69, 9.17) is 0 Å². The number of nitrogens with zero attached hydrogens (tertiary/aromatic N) is 1. The van der Waals surface area contributed by atoms with Gasteiger partial charge < -0.3 is 5.32 Å². The van der Waals surface area contributed by atoms with Crippen LogP contribution in [0.4, 0.5) is 0 Å². The minimum Gasteiger partial charge on any atom is -0.313 e. The Bertz CT molecular complexity index is 552. The van der Waals surface area contributed by atoms with Crippen LogP contribution in [0.15, 0.2) is 15.7 Å². The lowest BCUT2D eigenvalue weighted by molar-refractivity contribution is 0.316. The van der Waals surface area contributed by atoms with Crippen molar-refractivity contribution in [3.63, 3.8) is 0 Å². The number of rotatable bonds is 7. The smallest absolute Gasteiger partial charge is 0.252 e. The molecule has 2 rings (SSSR count). The highest BCUT2D eigenvalue weighted by atomic mass is 32.2. The van der Waals surface area contributed by atoms with Crippen LogP contribution in [-0.4, -0.2) is 31.9 Å². The summed E-state index contributed by atoms with van der Waals surface area (Å²) in [5.74, 6) is 0.368. The molecule has 120 valence electrons. The van der Waals surface area contributed by atoms with Crippen LogP contribution < -0.4 is 5.32 Å². The van der Waals surface area contributed by atoms with Gasteiger partial charge in [0.25, 0.3) is 10.0 Å². The first-order chi connectivity index (χ1) is 9.96. The van der Waals surface area contributed by atoms with E-state index in [1.807, 2.05) is 11.4 Å². The first-order valence-electron chi connectivity index (χ1n) is 7.76. The van der Waals surface area contributed by atoms with E-state index in [9.17, 15) is 8.42 Å². The van der Waals surface area contributed by atoms with Gasteiger partial charge in [-0.2, -0.15) is 4.31 Å². The highest BCUT2D eigenvalue weighted by molar-refractivity contribution is 7.91. The van der Waals surface area contributed by atoms with Crippen molar-refractivity contribution in [2.24, 2.45) is 5.92 Å². The Hall–Kier alpha value is -0.430. The Morgan fingerprint density at radius 2 is 2.24 bits per heavy atom. The minimum atomic E-state index is -3.32. The van der Waals surface area contributed by atoms with E-state index in [1.54, 1.807) is 4.31 Å². The Morgan fingerprint density at radius 3 is 2.90 bits per heavy atom. The summed E-state index contributed by atoms with van der Waals surface area (Å²) in [6.45, 7) is 8.69. The molecule has 0 radical (unpaired) electrons. The third kappa shape index (κ3) is 3.86. The second kappa shape index (κ2) is 7.22. The molecule has 0 amide bonds. The van der Waals surface area contributed by atoms with Crippen LogP contribution in [0.25, 0.3) is 0 Å². The monoisotopic (exact) mass is 330 g/mol. The molecule has 0 aliphatic carbocycles. The molecule has 0 aromatic carbocycles. The highest BCUT2D eigenvalue weighted by Crippen LogP contribution is 2.32. The maximum atomic E-state index is 12.8. The zero-order valence-electron chi connectivity index (χ0n) is 13.1. The lowest BCUT2D eigenvalue weighted by atomic mass is 10.0. The number of sulfonamides is 1. The van der Waals surface area contributed by atoms with Crippen LogP contribution in [0.2, 0.25) is 0 Å². The van der Waals surface area contributed by atoms with E-state index in [1.165, 1.54) is 11.3 Å². The molecular formula is C15H26N2O2S2. The number of hydrogen-bond acceptors (Lipinski definition) is 4. The Kier molecular flexibility index (Phi) is 5.82. The van der Waals surface area contributed by atoms with Gasteiger partial charge in [0.2, 0.25) is 0 Å². The molecule has 4 nitrogen and oxygen atoms in total. The van der Waals surface area contributed by atoms with Gasteiger partial charge in [0.15, 0.2) is 0 Å². The standard InChI is InChI=1S/C15H26N2O2S2/c1-4-7-16-10-13-9-15(20-11-13)21(18,19)17-8-5-6-14(17)12(2)3/h9,11-12,14,16H,4-8,10H2,1-3H3. The largest absolute Gasteiger partial charge is 0.313 e. The van der Waals surface area contributed by atoms with Crippen molar-refractivity contribution < 1.29 is 8.42 Å². The topological polar surface area (TPSA) is 49.4 Å². The van der Waals surface area contributed by atoms with E-state index in [-0.39, 0.29) is 6.04 Å². The highest BCUT2D eigenvalue weighted by Gasteiger charge is 2.37. The summed E-state index contributed by atoms with van der Waals surface area (Å²) in [5, 5.41) is 5.27. The quantitative estimate of drug-likeness (QED) is 0.782. The van der Waals surface area contributed by atoms with Crippen molar-refractivity contribution in [2.75, 3.05) is 13.1 Å². The number of thiophene rings is 1. The lowest BCUT2D eigenvalue weighted by Crippen LogP contribution is -2.38. The van der Waals surface area contributed by atoms with Crippen LogP contribution in [0, 0.1) is 5.92 Å². The van der Waals surface area contributed by atoms with Gasteiger partial charge >= 0.3 is 0 Å². The molecule has 1 aromatic heterocycles. The molecule has 0 saturated carbocycles. The molecule has 1 N–H and O–H groups in total. The summed E-state index contributed by atoms with van der Waals surface area (Å²) < 4.78 is 27.8. The van der Waals surface area contributed by atoms with Crippen LogP contribution in [-0.2, 0) is 16.6 Å². The predicted molar refractivity (Wildman–Crippen MR) is 88.1 cm³/mol. The Labute approximate surface area is 132 Å². The molecular weight excluding hydrogens is 304 g/mol. The lowest BCUT2D eigenvalue weighted by Gasteiger charge is -2.26. The molecule has 1 fully saturated rings. The molecule has 0 bridgehead atoms. The fraction of sp³-hybridized carbons (Fsp3) is 0.733. The number of nitrogens with one attached hydrogen (secondary N) is 1. The third-order valence-corrected chi connectivity index (χ3v) is 7.35. The van der Waals surface area contributed by atoms with E-state index in [2.05, 4.69) is 26.1 Å². The van der Waals surface area contributed by atoms with Crippen LogP contribution >= 0.6 is 11.3 Å². The van der Waals surface area contributed by atoms with Crippen molar-refractivity contribution in [1.29, 1.82) is 0 Å². The van der Waals surface area contributed by atoms with Gasteiger partial charge in [-0.25, -0.2) is 8.42 Å². The summed E-state index contributed by atoms with van der Waals surface area (Å²) in [6.07, 6.45) is 3.03. The zero-order chi connectivity index (χ0) is 15.5. The summed E-state index contributed by atoms with van der Waals surface area (Å²) in [6, 6.07) is 1.98. The summed E-state index contributed by atoms with van der Waals surface area (Å²) in [7, 11) is -3.32. The molecule has 21 heavy (non-hydrogen) atoms. The van der Waals surface area contributed by atoms with Crippen molar-refractivity contribution in [3.8, 4) is 0 Å². The summed E-state index contributed by atoms with van der Waals surface area (Å²) in [5.41, 5.74) is 1.06. The minimum absolute atomic E-state index is 0.152. The fourth-order valence-electron chi connectivity index (χ4n) is 2.84. The zero-order valence-corrected chi connectivity index (χ0v) is 14.8. The first-order valence-corrected chi connectivity index (χ1v) is 10.1. The Morgan fingerprint density at radius 1 is 1.48 bits per heavy atom. The van der Waals surface area contributed by atoms with Gasteiger partial charge in [-0.05, 0) is 48.7 Å². The summed E-state index contributed by atoms with van der Waals surface area (Å²) >= 11 is 1.35. The van der Waals surface area contributed by atoms with Gasteiger partial charge in [-0.15, -0.1) is 11.3 Å². The van der Waals surface area contributed by atoms with E-state index < -0.39 is 10.0 Å². The normalized spacial score (nSPS) is 20.5. The maximum absolute atomic E-state index is 12.8. The first kappa shape index (κ1) is 16.9. The van der Waals surface area contributed by atoms with Crippen molar-refractivity contribution in [2.45, 2.75) is 56.8 Å². The molecule has 1 aromatic rings. The Balaban J connectivity index is 2.12. The average Bonchev–Trinajstić information content (AvgIpc) is 3.08. The van der Waals surface area contributed by atoms with Gasteiger partial charge in [0.05, 0.1) is 0 Å². The van der Waals surface area contributed by atoms with Crippen LogP contribution in [0.1, 0.15) is 45.6 Å².